The third-order valence-corrected chi connectivity index (χ3v) is 4.83. The van der Waals surface area contributed by atoms with Crippen LogP contribution in [0.15, 0.2) is 33.6 Å². The minimum Gasteiger partial charge on any atom is -0.480 e. The lowest BCUT2D eigenvalue weighted by molar-refractivity contribution is -0.140. The maximum absolute atomic E-state index is 11.6. The van der Waals surface area contributed by atoms with Gasteiger partial charge in [0, 0.05) is 9.37 Å². The fourth-order valence-electron chi connectivity index (χ4n) is 2.02. The highest BCUT2D eigenvalue weighted by molar-refractivity contribution is 9.10. The first-order chi connectivity index (χ1) is 8.54. The average Bonchev–Trinajstić information content (AvgIpc) is 2.32. The average molecular weight is 331 g/mol. The van der Waals surface area contributed by atoms with E-state index in [4.69, 9.17) is 0 Å². The number of benzene rings is 1. The highest BCUT2D eigenvalue weighted by Crippen LogP contribution is 2.40. The summed E-state index contributed by atoms with van der Waals surface area (Å²) in [4.78, 5) is 12.7. The van der Waals surface area contributed by atoms with Crippen LogP contribution >= 0.6 is 27.7 Å². The van der Waals surface area contributed by atoms with Gasteiger partial charge in [-0.25, -0.2) is 0 Å². The minimum atomic E-state index is -0.695. The van der Waals surface area contributed by atoms with Gasteiger partial charge < -0.3 is 5.11 Å². The Kier molecular flexibility index (Phi) is 6.22. The lowest BCUT2D eigenvalue weighted by atomic mass is 9.97. The van der Waals surface area contributed by atoms with Crippen LogP contribution < -0.4 is 0 Å². The molecule has 1 aromatic rings. The number of carboxylic acids is 1. The Morgan fingerprint density at radius 1 is 1.22 bits per heavy atom. The Morgan fingerprint density at radius 2 is 1.72 bits per heavy atom. The maximum Gasteiger partial charge on any atom is 0.320 e. The van der Waals surface area contributed by atoms with E-state index in [0.717, 1.165) is 22.2 Å². The van der Waals surface area contributed by atoms with Crippen LogP contribution in [0.5, 0.6) is 0 Å². The molecule has 4 heteroatoms. The quantitative estimate of drug-likeness (QED) is 0.717. The summed E-state index contributed by atoms with van der Waals surface area (Å²) < 4.78 is 0.330. The molecule has 100 valence electrons. The zero-order valence-electron chi connectivity index (χ0n) is 10.8. The predicted octanol–water partition coefficient (Wildman–Crippen LogP) is 4.96. The summed E-state index contributed by atoms with van der Waals surface area (Å²) in [5, 5.41) is 9.57. The molecule has 18 heavy (non-hydrogen) atoms. The van der Waals surface area contributed by atoms with Gasteiger partial charge in [-0.15, -0.1) is 11.8 Å². The molecule has 0 saturated carbocycles. The molecule has 0 aromatic heterocycles. The van der Waals surface area contributed by atoms with Crippen molar-refractivity contribution in [2.75, 3.05) is 0 Å². The normalized spacial score (nSPS) is 11.5. The number of rotatable bonds is 7. The summed E-state index contributed by atoms with van der Waals surface area (Å²) in [6, 6.07) is 7.84. The van der Waals surface area contributed by atoms with Crippen LogP contribution in [0.2, 0.25) is 0 Å². The van der Waals surface area contributed by atoms with Crippen molar-refractivity contribution in [1.29, 1.82) is 0 Å². The molecule has 2 nitrogen and oxygen atoms in total. The molecule has 0 atom stereocenters. The smallest absolute Gasteiger partial charge is 0.320 e. The SMILES string of the molecule is CCCC(CCC)(Sc1ccc(Br)cc1)C(=O)O. The van der Waals surface area contributed by atoms with Gasteiger partial charge in [-0.2, -0.15) is 0 Å². The molecule has 1 rings (SSSR count). The number of carboxylic acid groups (broad SMARTS) is 1. The largest absolute Gasteiger partial charge is 0.480 e. The topological polar surface area (TPSA) is 37.3 Å². The number of thioether (sulfide) groups is 1. The minimum absolute atomic E-state index is 0.683. The molecule has 0 fully saturated rings. The van der Waals surface area contributed by atoms with E-state index in [-0.39, 0.29) is 0 Å². The zero-order valence-corrected chi connectivity index (χ0v) is 13.2. The fourth-order valence-corrected chi connectivity index (χ4v) is 3.71. The molecule has 0 bridgehead atoms. The van der Waals surface area contributed by atoms with Crippen molar-refractivity contribution in [2.45, 2.75) is 49.2 Å². The summed E-state index contributed by atoms with van der Waals surface area (Å²) in [6.07, 6.45) is 3.18. The van der Waals surface area contributed by atoms with Crippen LogP contribution in [0.25, 0.3) is 0 Å². The van der Waals surface area contributed by atoms with Crippen LogP contribution in [0.1, 0.15) is 39.5 Å². The Hall–Kier alpha value is -0.480. The van der Waals surface area contributed by atoms with Crippen molar-refractivity contribution in [2.24, 2.45) is 0 Å². The van der Waals surface area contributed by atoms with E-state index in [2.05, 4.69) is 15.9 Å². The summed E-state index contributed by atoms with van der Waals surface area (Å²) in [5.41, 5.74) is 0. The predicted molar refractivity (Wildman–Crippen MR) is 80.2 cm³/mol. The van der Waals surface area contributed by atoms with Gasteiger partial charge in [0.05, 0.1) is 0 Å². The molecular formula is C14H19BrO2S. The molecule has 0 heterocycles. The third-order valence-electron chi connectivity index (χ3n) is 2.82. The molecule has 0 aliphatic heterocycles. The van der Waals surface area contributed by atoms with Gasteiger partial charge in [-0.05, 0) is 37.1 Å². The highest BCUT2D eigenvalue weighted by Gasteiger charge is 2.37. The highest BCUT2D eigenvalue weighted by atomic mass is 79.9. The van der Waals surface area contributed by atoms with Crippen molar-refractivity contribution in [1.82, 2.24) is 0 Å². The number of hydrogen-bond acceptors (Lipinski definition) is 2. The fraction of sp³-hybridized carbons (Fsp3) is 0.500. The van der Waals surface area contributed by atoms with E-state index < -0.39 is 10.7 Å². The molecule has 0 unspecified atom stereocenters. The van der Waals surface area contributed by atoms with Gasteiger partial charge in [0.25, 0.3) is 0 Å². The second-order valence-corrected chi connectivity index (χ2v) is 6.73. The first kappa shape index (κ1) is 15.6. The van der Waals surface area contributed by atoms with E-state index in [0.29, 0.717) is 12.8 Å². The van der Waals surface area contributed by atoms with Crippen LogP contribution in [0.4, 0.5) is 0 Å². The molecule has 0 aliphatic carbocycles. The van der Waals surface area contributed by atoms with Crippen molar-refractivity contribution in [3.05, 3.63) is 28.7 Å². The molecule has 0 amide bonds. The molecule has 0 spiro atoms. The lowest BCUT2D eigenvalue weighted by Crippen LogP contribution is -2.34. The molecule has 0 aliphatic rings. The molecule has 0 radical (unpaired) electrons. The van der Waals surface area contributed by atoms with Gasteiger partial charge in [-0.3, -0.25) is 4.79 Å². The van der Waals surface area contributed by atoms with Crippen molar-refractivity contribution in [3.8, 4) is 0 Å². The van der Waals surface area contributed by atoms with Gasteiger partial charge >= 0.3 is 5.97 Å². The van der Waals surface area contributed by atoms with Crippen LogP contribution in [0.3, 0.4) is 0 Å². The number of hydrogen-bond donors (Lipinski definition) is 1. The summed E-state index contributed by atoms with van der Waals surface area (Å²) in [7, 11) is 0. The maximum atomic E-state index is 11.6. The van der Waals surface area contributed by atoms with Gasteiger partial charge in [0.1, 0.15) is 4.75 Å². The molecule has 1 aromatic carbocycles. The number of halogens is 1. The third kappa shape index (κ3) is 4.02. The van der Waals surface area contributed by atoms with Crippen molar-refractivity contribution < 1.29 is 9.90 Å². The van der Waals surface area contributed by atoms with Crippen molar-refractivity contribution in [3.63, 3.8) is 0 Å². The van der Waals surface area contributed by atoms with E-state index in [9.17, 15) is 9.90 Å². The zero-order chi connectivity index (χ0) is 13.6. The van der Waals surface area contributed by atoms with E-state index in [1.54, 1.807) is 0 Å². The van der Waals surface area contributed by atoms with Gasteiger partial charge in [0.15, 0.2) is 0 Å². The Morgan fingerprint density at radius 3 is 2.11 bits per heavy atom. The standard InChI is InChI=1S/C14H19BrO2S/c1-3-9-14(10-4-2,13(16)17)18-12-7-5-11(15)6-8-12/h5-8H,3-4,9-10H2,1-2H3,(H,16,17). The van der Waals surface area contributed by atoms with Crippen molar-refractivity contribution >= 4 is 33.7 Å². The van der Waals surface area contributed by atoms with E-state index in [1.807, 2.05) is 38.1 Å². The van der Waals surface area contributed by atoms with Crippen LogP contribution in [0, 0.1) is 0 Å². The molecule has 0 saturated heterocycles. The Labute approximate surface area is 121 Å². The van der Waals surface area contributed by atoms with Gasteiger partial charge in [0.2, 0.25) is 0 Å². The lowest BCUT2D eigenvalue weighted by Gasteiger charge is -2.28. The second-order valence-electron chi connectivity index (χ2n) is 4.36. The van der Waals surface area contributed by atoms with E-state index >= 15 is 0 Å². The summed E-state index contributed by atoms with van der Waals surface area (Å²) in [6.45, 7) is 4.07. The number of aliphatic carboxylic acids is 1. The van der Waals surface area contributed by atoms with Crippen LogP contribution in [-0.2, 0) is 4.79 Å². The van der Waals surface area contributed by atoms with E-state index in [1.165, 1.54) is 11.8 Å². The summed E-state index contributed by atoms with van der Waals surface area (Å²) in [5.74, 6) is -0.695. The molecule has 1 N–H and O–H groups in total. The Bertz CT molecular complexity index is 383. The monoisotopic (exact) mass is 330 g/mol. The number of carbonyl (C=O) groups is 1. The van der Waals surface area contributed by atoms with Crippen LogP contribution in [-0.4, -0.2) is 15.8 Å². The molecular weight excluding hydrogens is 312 g/mol. The second kappa shape index (κ2) is 7.19. The Balaban J connectivity index is 2.95. The summed E-state index contributed by atoms with van der Waals surface area (Å²) >= 11 is 4.87. The van der Waals surface area contributed by atoms with Gasteiger partial charge in [-0.1, -0.05) is 42.6 Å². The first-order valence-corrected chi connectivity index (χ1v) is 7.83. The first-order valence-electron chi connectivity index (χ1n) is 6.22.